The summed E-state index contributed by atoms with van der Waals surface area (Å²) in [4.78, 5) is 46.9. The van der Waals surface area contributed by atoms with Gasteiger partial charge in [0.05, 0.1) is 24.7 Å². The number of anilines is 1. The molecule has 10 nitrogen and oxygen atoms in total. The van der Waals surface area contributed by atoms with Gasteiger partial charge in [-0.3, -0.25) is 19.4 Å². The molecule has 0 aliphatic heterocycles. The number of esters is 2. The molecule has 0 radical (unpaired) electrons. The number of H-pyrrole nitrogens is 1. The lowest BCUT2D eigenvalue weighted by Gasteiger charge is -2.20. The van der Waals surface area contributed by atoms with E-state index in [1.165, 1.54) is 13.3 Å². The summed E-state index contributed by atoms with van der Waals surface area (Å²) in [5.41, 5.74) is 7.23. The van der Waals surface area contributed by atoms with Gasteiger partial charge in [0.1, 0.15) is 12.7 Å². The molecule has 1 saturated carbocycles. The van der Waals surface area contributed by atoms with Crippen molar-refractivity contribution in [3.63, 3.8) is 0 Å². The van der Waals surface area contributed by atoms with Crippen molar-refractivity contribution in [1.29, 1.82) is 0 Å². The van der Waals surface area contributed by atoms with E-state index >= 15 is 0 Å². The second kappa shape index (κ2) is 8.66. The molecule has 3 aromatic rings. The number of hydrogen-bond donors (Lipinski definition) is 2. The van der Waals surface area contributed by atoms with Crippen molar-refractivity contribution in [2.75, 3.05) is 12.3 Å². The largest absolute Gasteiger partial charge is 0.465 e. The number of nitrogens with zero attached hydrogens (tertiary/aromatic N) is 3. The number of rotatable bonds is 6. The van der Waals surface area contributed by atoms with Gasteiger partial charge in [-0.1, -0.05) is 36.9 Å². The first-order valence-corrected chi connectivity index (χ1v) is 10.1. The van der Waals surface area contributed by atoms with Crippen LogP contribution in [0.25, 0.3) is 11.2 Å². The Morgan fingerprint density at radius 1 is 1.31 bits per heavy atom. The Bertz CT molecular complexity index is 1230. The predicted octanol–water partition coefficient (Wildman–Crippen LogP) is 1.54. The van der Waals surface area contributed by atoms with E-state index in [4.69, 9.17) is 15.2 Å². The average molecular weight is 437 g/mol. The summed E-state index contributed by atoms with van der Waals surface area (Å²) in [7, 11) is 0. The number of benzene rings is 1. The topological polar surface area (TPSA) is 142 Å². The molecule has 1 aliphatic carbocycles. The van der Waals surface area contributed by atoms with Gasteiger partial charge >= 0.3 is 11.9 Å². The first-order chi connectivity index (χ1) is 15.3. The lowest BCUT2D eigenvalue weighted by atomic mass is 10.0. The summed E-state index contributed by atoms with van der Waals surface area (Å²) in [5, 5.41) is 0. The van der Waals surface area contributed by atoms with Crippen LogP contribution in [-0.2, 0) is 25.5 Å². The second-order valence-electron chi connectivity index (χ2n) is 7.70. The van der Waals surface area contributed by atoms with Gasteiger partial charge in [0.15, 0.2) is 11.2 Å². The van der Waals surface area contributed by atoms with Crippen LogP contribution in [0, 0.1) is 5.92 Å². The summed E-state index contributed by atoms with van der Waals surface area (Å²) < 4.78 is 12.7. The molecular weight excluding hydrogens is 414 g/mol. The number of imidazole rings is 1. The quantitative estimate of drug-likeness (QED) is 0.437. The minimum absolute atomic E-state index is 0.0156. The highest BCUT2D eigenvalue weighted by molar-refractivity contribution is 5.73. The number of aromatic nitrogens is 4. The maximum absolute atomic E-state index is 12.3. The fourth-order valence-corrected chi connectivity index (χ4v) is 4.04. The second-order valence-corrected chi connectivity index (χ2v) is 7.70. The Morgan fingerprint density at radius 2 is 2.06 bits per heavy atom. The number of nitrogen functional groups attached to an aromatic ring is 1. The molecule has 3 N–H and O–H groups in total. The Labute approximate surface area is 183 Å². The zero-order valence-corrected chi connectivity index (χ0v) is 17.5. The van der Waals surface area contributed by atoms with Crippen molar-refractivity contribution in [1.82, 2.24) is 19.5 Å². The molecule has 2 heterocycles. The smallest absolute Gasteiger partial charge is 0.310 e. The fraction of sp³-hybridized carbons (Fsp3) is 0.318. The highest BCUT2D eigenvalue weighted by Crippen LogP contribution is 2.42. The number of nitrogens with two attached hydrogens (primary N) is 1. The standard InChI is InChI=1S/C22H23N5O5/c1-12-15(10-31-18(29)8-14-6-4-3-5-7-14)17(32-13(2)28)9-16(12)27-11-24-19-20(27)25-22(23)26-21(19)30/h3-7,11,15-17H,1,8-10H2,2H3,(H3,23,25,26,30)/t15-,16-,17-/m0/s1. The molecule has 0 bridgehead atoms. The molecule has 3 atom stereocenters. The summed E-state index contributed by atoms with van der Waals surface area (Å²) in [6, 6.07) is 8.90. The molecule has 0 spiro atoms. The van der Waals surface area contributed by atoms with Crippen LogP contribution in [0.5, 0.6) is 0 Å². The SMILES string of the molecule is C=C1[C@H](COC(=O)Cc2ccccc2)[C@@H](OC(C)=O)C[C@@H]1n1cnc2c(=O)[nH]c(N)nc21. The van der Waals surface area contributed by atoms with Crippen molar-refractivity contribution >= 4 is 29.1 Å². The first kappa shape index (κ1) is 21.3. The third-order valence-corrected chi connectivity index (χ3v) is 5.53. The highest BCUT2D eigenvalue weighted by atomic mass is 16.6. The molecule has 10 heteroatoms. The molecule has 1 fully saturated rings. The zero-order valence-electron chi connectivity index (χ0n) is 17.5. The minimum Gasteiger partial charge on any atom is -0.465 e. The molecular formula is C22H23N5O5. The Balaban J connectivity index is 1.54. The number of aromatic amines is 1. The number of nitrogens with one attached hydrogen (secondary N) is 1. The van der Waals surface area contributed by atoms with Gasteiger partial charge in [-0.2, -0.15) is 4.98 Å². The van der Waals surface area contributed by atoms with Gasteiger partial charge in [-0.15, -0.1) is 0 Å². The van der Waals surface area contributed by atoms with Crippen LogP contribution in [0.4, 0.5) is 5.95 Å². The zero-order chi connectivity index (χ0) is 22.8. The normalized spacial score (nSPS) is 20.4. The van der Waals surface area contributed by atoms with Gasteiger partial charge in [0.2, 0.25) is 5.95 Å². The maximum atomic E-state index is 12.3. The van der Waals surface area contributed by atoms with Gasteiger partial charge in [0.25, 0.3) is 5.56 Å². The van der Waals surface area contributed by atoms with E-state index in [0.29, 0.717) is 17.6 Å². The van der Waals surface area contributed by atoms with Crippen LogP contribution in [0.3, 0.4) is 0 Å². The molecule has 0 unspecified atom stereocenters. The van der Waals surface area contributed by atoms with Crippen LogP contribution in [0.2, 0.25) is 0 Å². The highest BCUT2D eigenvalue weighted by Gasteiger charge is 2.42. The van der Waals surface area contributed by atoms with Crippen LogP contribution >= 0.6 is 0 Å². The number of carbonyl (C=O) groups excluding carboxylic acids is 2. The number of fused-ring (bicyclic) bond motifs is 1. The van der Waals surface area contributed by atoms with Crippen LogP contribution in [-0.4, -0.2) is 44.2 Å². The van der Waals surface area contributed by atoms with E-state index in [0.717, 1.165) is 5.56 Å². The fourth-order valence-electron chi connectivity index (χ4n) is 4.04. The van der Waals surface area contributed by atoms with E-state index in [9.17, 15) is 14.4 Å². The summed E-state index contributed by atoms with van der Waals surface area (Å²) in [6.45, 7) is 5.51. The average Bonchev–Trinajstić information content (AvgIpc) is 3.28. The van der Waals surface area contributed by atoms with E-state index in [2.05, 4.69) is 21.5 Å². The van der Waals surface area contributed by atoms with Crippen molar-refractivity contribution in [2.45, 2.75) is 31.9 Å². The Hall–Kier alpha value is -3.95. The molecule has 0 amide bonds. The number of ether oxygens (including phenoxy) is 2. The first-order valence-electron chi connectivity index (χ1n) is 10.1. The van der Waals surface area contributed by atoms with Crippen molar-refractivity contribution in [2.24, 2.45) is 5.92 Å². The maximum Gasteiger partial charge on any atom is 0.310 e. The molecule has 1 aromatic carbocycles. The predicted molar refractivity (Wildman–Crippen MR) is 116 cm³/mol. The van der Waals surface area contributed by atoms with E-state index in [1.54, 1.807) is 4.57 Å². The van der Waals surface area contributed by atoms with Crippen LogP contribution in [0.1, 0.15) is 24.9 Å². The van der Waals surface area contributed by atoms with Crippen molar-refractivity contribution in [3.8, 4) is 0 Å². The number of hydrogen-bond acceptors (Lipinski definition) is 8. The molecule has 166 valence electrons. The van der Waals surface area contributed by atoms with Gasteiger partial charge in [0, 0.05) is 13.3 Å². The third kappa shape index (κ3) is 4.25. The summed E-state index contributed by atoms with van der Waals surface area (Å²) in [5.74, 6) is -1.28. The van der Waals surface area contributed by atoms with Crippen molar-refractivity contribution < 1.29 is 19.1 Å². The summed E-state index contributed by atoms with van der Waals surface area (Å²) in [6.07, 6.45) is 1.45. The van der Waals surface area contributed by atoms with Crippen LogP contribution < -0.4 is 11.3 Å². The molecule has 2 aromatic heterocycles. The Morgan fingerprint density at radius 3 is 2.78 bits per heavy atom. The van der Waals surface area contributed by atoms with Crippen LogP contribution in [0.15, 0.2) is 53.6 Å². The van der Waals surface area contributed by atoms with Gasteiger partial charge in [-0.05, 0) is 11.1 Å². The van der Waals surface area contributed by atoms with E-state index in [1.807, 2.05) is 30.3 Å². The lowest BCUT2D eigenvalue weighted by molar-refractivity contribution is -0.151. The minimum atomic E-state index is -0.550. The molecule has 4 rings (SSSR count). The third-order valence-electron chi connectivity index (χ3n) is 5.53. The molecule has 0 saturated heterocycles. The van der Waals surface area contributed by atoms with Gasteiger partial charge in [-0.25, -0.2) is 4.98 Å². The summed E-state index contributed by atoms with van der Waals surface area (Å²) >= 11 is 0. The molecule has 32 heavy (non-hydrogen) atoms. The number of carbonyl (C=O) groups is 2. The Kier molecular flexibility index (Phi) is 5.76. The monoisotopic (exact) mass is 437 g/mol. The lowest BCUT2D eigenvalue weighted by Crippen LogP contribution is -2.26. The van der Waals surface area contributed by atoms with E-state index in [-0.39, 0.29) is 36.5 Å². The van der Waals surface area contributed by atoms with Crippen molar-refractivity contribution in [3.05, 3.63) is 64.7 Å². The molecule has 1 aliphatic rings. The van der Waals surface area contributed by atoms with Gasteiger partial charge < -0.3 is 19.8 Å². The van der Waals surface area contributed by atoms with E-state index < -0.39 is 23.6 Å².